The minimum atomic E-state index is 0.326. The van der Waals surface area contributed by atoms with E-state index in [1.54, 1.807) is 0 Å². The van der Waals surface area contributed by atoms with E-state index in [-0.39, 0.29) is 0 Å². The van der Waals surface area contributed by atoms with Crippen LogP contribution in [0.15, 0.2) is 0 Å². The maximum absolute atomic E-state index is 6.29. The van der Waals surface area contributed by atoms with Gasteiger partial charge < -0.3 is 10.6 Å². The van der Waals surface area contributed by atoms with Gasteiger partial charge in [-0.1, -0.05) is 13.3 Å². The molecule has 2 bridgehead atoms. The standard InChI is InChI=1S/C16H31N3/c1-3-13-5-4-8-19(11-13)16(12-17)9-14-6-7-15(10-16)18(14)2/h13-15H,3-12,17H2,1-2H3. The Bertz CT molecular complexity index is 303. The number of hydrogen-bond acceptors (Lipinski definition) is 3. The van der Waals surface area contributed by atoms with Crippen LogP contribution in [-0.4, -0.2) is 54.1 Å². The summed E-state index contributed by atoms with van der Waals surface area (Å²) < 4.78 is 0. The van der Waals surface area contributed by atoms with Crippen molar-refractivity contribution in [3.8, 4) is 0 Å². The molecule has 3 heteroatoms. The summed E-state index contributed by atoms with van der Waals surface area (Å²) in [7, 11) is 2.33. The highest BCUT2D eigenvalue weighted by molar-refractivity contribution is 5.07. The molecule has 3 saturated heterocycles. The van der Waals surface area contributed by atoms with E-state index in [1.165, 1.54) is 58.0 Å². The molecular weight excluding hydrogens is 234 g/mol. The van der Waals surface area contributed by atoms with Gasteiger partial charge in [-0.15, -0.1) is 0 Å². The number of nitrogens with zero attached hydrogens (tertiary/aromatic N) is 2. The first kappa shape index (κ1) is 13.8. The van der Waals surface area contributed by atoms with E-state index in [1.807, 2.05) is 0 Å². The monoisotopic (exact) mass is 265 g/mol. The molecular formula is C16H31N3. The zero-order valence-corrected chi connectivity index (χ0v) is 12.8. The fourth-order valence-electron chi connectivity index (χ4n) is 4.93. The fraction of sp³-hybridized carbons (Fsp3) is 1.00. The van der Waals surface area contributed by atoms with Crippen LogP contribution in [0.3, 0.4) is 0 Å². The fourth-order valence-corrected chi connectivity index (χ4v) is 4.93. The molecule has 19 heavy (non-hydrogen) atoms. The SMILES string of the molecule is CCC1CCCN(C2(CN)CC3CCC(C2)N3C)C1. The van der Waals surface area contributed by atoms with Crippen LogP contribution < -0.4 is 5.73 Å². The largest absolute Gasteiger partial charge is 0.329 e. The van der Waals surface area contributed by atoms with Gasteiger partial charge in [-0.25, -0.2) is 0 Å². The summed E-state index contributed by atoms with van der Waals surface area (Å²) in [5, 5.41) is 0. The first-order valence-electron chi connectivity index (χ1n) is 8.35. The van der Waals surface area contributed by atoms with Gasteiger partial charge in [0.15, 0.2) is 0 Å². The Hall–Kier alpha value is -0.120. The van der Waals surface area contributed by atoms with Crippen molar-refractivity contribution in [1.82, 2.24) is 9.80 Å². The molecule has 110 valence electrons. The van der Waals surface area contributed by atoms with E-state index < -0.39 is 0 Å². The molecule has 3 fully saturated rings. The van der Waals surface area contributed by atoms with Crippen molar-refractivity contribution in [3.63, 3.8) is 0 Å². The van der Waals surface area contributed by atoms with Crippen LogP contribution in [-0.2, 0) is 0 Å². The van der Waals surface area contributed by atoms with Crippen molar-refractivity contribution in [1.29, 1.82) is 0 Å². The molecule has 0 aliphatic carbocycles. The third kappa shape index (κ3) is 2.34. The summed E-state index contributed by atoms with van der Waals surface area (Å²) in [6.07, 6.45) is 9.57. The molecule has 2 N–H and O–H groups in total. The van der Waals surface area contributed by atoms with Crippen LogP contribution in [0.2, 0.25) is 0 Å². The maximum atomic E-state index is 6.29. The van der Waals surface area contributed by atoms with Gasteiger partial charge in [-0.05, 0) is 58.0 Å². The maximum Gasteiger partial charge on any atom is 0.0361 e. The van der Waals surface area contributed by atoms with Crippen molar-refractivity contribution in [2.75, 3.05) is 26.7 Å². The molecule has 3 rings (SSSR count). The van der Waals surface area contributed by atoms with Crippen LogP contribution in [0.4, 0.5) is 0 Å². The van der Waals surface area contributed by atoms with Crippen LogP contribution >= 0.6 is 0 Å². The summed E-state index contributed by atoms with van der Waals surface area (Å²) in [4.78, 5) is 5.43. The number of fused-ring (bicyclic) bond motifs is 2. The molecule has 3 nitrogen and oxygen atoms in total. The molecule has 3 unspecified atom stereocenters. The predicted molar refractivity (Wildman–Crippen MR) is 80.2 cm³/mol. The van der Waals surface area contributed by atoms with Crippen molar-refractivity contribution < 1.29 is 0 Å². The molecule has 0 aromatic carbocycles. The Morgan fingerprint density at radius 3 is 2.42 bits per heavy atom. The first-order chi connectivity index (χ1) is 9.18. The predicted octanol–water partition coefficient (Wildman–Crippen LogP) is 2.06. The Morgan fingerprint density at radius 2 is 1.84 bits per heavy atom. The van der Waals surface area contributed by atoms with Crippen LogP contribution in [0, 0.1) is 5.92 Å². The Morgan fingerprint density at radius 1 is 1.16 bits per heavy atom. The molecule has 0 aromatic rings. The zero-order valence-electron chi connectivity index (χ0n) is 12.8. The van der Waals surface area contributed by atoms with Crippen molar-refractivity contribution >= 4 is 0 Å². The average molecular weight is 265 g/mol. The number of rotatable bonds is 3. The first-order valence-corrected chi connectivity index (χ1v) is 8.35. The third-order valence-electron chi connectivity index (χ3n) is 6.36. The lowest BCUT2D eigenvalue weighted by Gasteiger charge is -2.53. The molecule has 0 aromatic heterocycles. The average Bonchev–Trinajstić information content (AvgIpc) is 2.69. The number of likely N-dealkylation sites (tertiary alicyclic amines) is 1. The second kappa shape index (κ2) is 5.34. The molecule has 3 aliphatic rings. The van der Waals surface area contributed by atoms with Crippen LogP contribution in [0.1, 0.15) is 51.9 Å². The normalized spacial score (nSPS) is 44.7. The smallest absolute Gasteiger partial charge is 0.0361 e. The summed E-state index contributed by atoms with van der Waals surface area (Å²) in [6.45, 7) is 5.81. The Balaban J connectivity index is 1.76. The van der Waals surface area contributed by atoms with Gasteiger partial charge >= 0.3 is 0 Å². The minimum Gasteiger partial charge on any atom is -0.329 e. The number of piperidine rings is 2. The molecule has 3 aliphatic heterocycles. The number of nitrogens with two attached hydrogens (primary N) is 1. The van der Waals surface area contributed by atoms with E-state index in [0.717, 1.165) is 24.5 Å². The zero-order chi connectivity index (χ0) is 13.5. The van der Waals surface area contributed by atoms with Crippen molar-refractivity contribution in [2.24, 2.45) is 11.7 Å². The lowest BCUT2D eigenvalue weighted by atomic mass is 9.79. The van der Waals surface area contributed by atoms with Gasteiger partial charge in [0.2, 0.25) is 0 Å². The van der Waals surface area contributed by atoms with E-state index in [2.05, 4.69) is 23.8 Å². The molecule has 0 radical (unpaired) electrons. The summed E-state index contributed by atoms with van der Waals surface area (Å²) in [6, 6.07) is 1.59. The van der Waals surface area contributed by atoms with E-state index in [9.17, 15) is 0 Å². The van der Waals surface area contributed by atoms with E-state index >= 15 is 0 Å². The lowest BCUT2D eigenvalue weighted by Crippen LogP contribution is -2.63. The second-order valence-corrected chi connectivity index (χ2v) is 7.25. The third-order valence-corrected chi connectivity index (χ3v) is 6.36. The van der Waals surface area contributed by atoms with Crippen LogP contribution in [0.25, 0.3) is 0 Å². The highest BCUT2D eigenvalue weighted by Gasteiger charge is 2.49. The molecule has 0 saturated carbocycles. The van der Waals surface area contributed by atoms with Crippen molar-refractivity contribution in [2.45, 2.75) is 69.5 Å². The quantitative estimate of drug-likeness (QED) is 0.848. The summed E-state index contributed by atoms with van der Waals surface area (Å²) in [5.41, 5.74) is 6.62. The van der Waals surface area contributed by atoms with Crippen molar-refractivity contribution in [3.05, 3.63) is 0 Å². The summed E-state index contributed by atoms with van der Waals surface area (Å²) in [5.74, 6) is 0.912. The van der Waals surface area contributed by atoms with E-state index in [4.69, 9.17) is 5.73 Å². The molecule has 3 atom stereocenters. The Kier molecular flexibility index (Phi) is 3.89. The van der Waals surface area contributed by atoms with Gasteiger partial charge in [-0.2, -0.15) is 0 Å². The highest BCUT2D eigenvalue weighted by atomic mass is 15.3. The van der Waals surface area contributed by atoms with Gasteiger partial charge in [0.1, 0.15) is 0 Å². The lowest BCUT2D eigenvalue weighted by molar-refractivity contribution is -0.0217. The van der Waals surface area contributed by atoms with Gasteiger partial charge in [-0.3, -0.25) is 4.90 Å². The van der Waals surface area contributed by atoms with Gasteiger partial charge in [0, 0.05) is 30.7 Å². The van der Waals surface area contributed by atoms with E-state index in [0.29, 0.717) is 5.54 Å². The molecule has 0 amide bonds. The molecule has 3 heterocycles. The molecule has 0 spiro atoms. The minimum absolute atomic E-state index is 0.326. The van der Waals surface area contributed by atoms with Crippen LogP contribution in [0.5, 0.6) is 0 Å². The topological polar surface area (TPSA) is 32.5 Å². The number of hydrogen-bond donors (Lipinski definition) is 1. The van der Waals surface area contributed by atoms with Gasteiger partial charge in [0.05, 0.1) is 0 Å². The Labute approximate surface area is 118 Å². The second-order valence-electron chi connectivity index (χ2n) is 7.25. The highest BCUT2D eigenvalue weighted by Crippen LogP contribution is 2.43. The van der Waals surface area contributed by atoms with Gasteiger partial charge in [0.25, 0.3) is 0 Å². The summed E-state index contributed by atoms with van der Waals surface area (Å²) >= 11 is 0.